The van der Waals surface area contributed by atoms with Gasteiger partial charge >= 0.3 is 0 Å². The topological polar surface area (TPSA) is 62.7 Å². The Morgan fingerprint density at radius 2 is 1.82 bits per heavy atom. The number of methoxy groups -OCH3 is 1. The SMILES string of the molecule is COC[C@H]1[C@H](c2ccc(-c3ccccc3C)cc2)[C@@H]2CN(C(=O)Cc3ccccn3)CC(=O)N12. The second-order valence-corrected chi connectivity index (χ2v) is 9.13. The first kappa shape index (κ1) is 22.3. The summed E-state index contributed by atoms with van der Waals surface area (Å²) in [6.45, 7) is 3.24. The smallest absolute Gasteiger partial charge is 0.242 e. The molecule has 2 aromatic carbocycles. The van der Waals surface area contributed by atoms with E-state index < -0.39 is 0 Å². The minimum atomic E-state index is -0.0597. The molecule has 3 aromatic rings. The molecule has 0 unspecified atom stereocenters. The van der Waals surface area contributed by atoms with Crippen molar-refractivity contribution < 1.29 is 14.3 Å². The quantitative estimate of drug-likeness (QED) is 0.571. The third-order valence-electron chi connectivity index (χ3n) is 7.07. The summed E-state index contributed by atoms with van der Waals surface area (Å²) in [4.78, 5) is 33.9. The number of nitrogens with zero attached hydrogens (tertiary/aromatic N) is 3. The number of pyridine rings is 1. The van der Waals surface area contributed by atoms with Crippen molar-refractivity contribution in [2.24, 2.45) is 0 Å². The van der Waals surface area contributed by atoms with Crippen molar-refractivity contribution >= 4 is 11.8 Å². The molecule has 174 valence electrons. The maximum Gasteiger partial charge on any atom is 0.242 e. The van der Waals surface area contributed by atoms with E-state index in [4.69, 9.17) is 4.74 Å². The highest BCUT2D eigenvalue weighted by Crippen LogP contribution is 2.43. The molecule has 2 amide bonds. The molecule has 2 aliphatic rings. The van der Waals surface area contributed by atoms with E-state index in [1.54, 1.807) is 18.2 Å². The van der Waals surface area contributed by atoms with Gasteiger partial charge in [-0.3, -0.25) is 14.6 Å². The lowest BCUT2D eigenvalue weighted by molar-refractivity contribution is -0.167. The van der Waals surface area contributed by atoms with E-state index in [0.29, 0.717) is 13.2 Å². The molecule has 0 aliphatic carbocycles. The number of aryl methyl sites for hydroxylation is 1. The van der Waals surface area contributed by atoms with Gasteiger partial charge in [-0.15, -0.1) is 0 Å². The Bertz CT molecular complexity index is 1180. The van der Waals surface area contributed by atoms with Crippen LogP contribution in [0.4, 0.5) is 0 Å². The van der Waals surface area contributed by atoms with Crippen LogP contribution in [-0.4, -0.2) is 65.5 Å². The van der Waals surface area contributed by atoms with Gasteiger partial charge in [0.2, 0.25) is 11.8 Å². The lowest BCUT2D eigenvalue weighted by Crippen LogP contribution is -2.73. The highest BCUT2D eigenvalue weighted by Gasteiger charge is 2.54. The van der Waals surface area contributed by atoms with Crippen molar-refractivity contribution in [1.29, 1.82) is 0 Å². The average molecular weight is 456 g/mol. The zero-order chi connectivity index (χ0) is 23.7. The lowest BCUT2D eigenvalue weighted by atomic mass is 9.73. The van der Waals surface area contributed by atoms with Crippen molar-refractivity contribution in [3.63, 3.8) is 0 Å². The molecule has 0 radical (unpaired) electrons. The van der Waals surface area contributed by atoms with Crippen molar-refractivity contribution in [3.8, 4) is 11.1 Å². The van der Waals surface area contributed by atoms with Gasteiger partial charge in [-0.25, -0.2) is 0 Å². The van der Waals surface area contributed by atoms with E-state index in [0.717, 1.165) is 5.69 Å². The number of aromatic nitrogens is 1. The van der Waals surface area contributed by atoms with Crippen molar-refractivity contribution in [2.75, 3.05) is 26.8 Å². The van der Waals surface area contributed by atoms with Gasteiger partial charge in [0.25, 0.3) is 0 Å². The number of hydrogen-bond donors (Lipinski definition) is 0. The Hall–Kier alpha value is -3.51. The molecule has 0 bridgehead atoms. The molecule has 6 nitrogen and oxygen atoms in total. The number of hydrogen-bond acceptors (Lipinski definition) is 4. The van der Waals surface area contributed by atoms with E-state index >= 15 is 0 Å². The average Bonchev–Trinajstić information content (AvgIpc) is 2.84. The Balaban J connectivity index is 1.37. The Morgan fingerprint density at radius 3 is 2.53 bits per heavy atom. The fraction of sp³-hybridized carbons (Fsp3) is 0.321. The molecule has 34 heavy (non-hydrogen) atoms. The predicted octanol–water partition coefficient (Wildman–Crippen LogP) is 3.45. The predicted molar refractivity (Wildman–Crippen MR) is 130 cm³/mol. The van der Waals surface area contributed by atoms with Crippen LogP contribution < -0.4 is 0 Å². The second kappa shape index (κ2) is 9.39. The van der Waals surface area contributed by atoms with Crippen molar-refractivity contribution in [3.05, 3.63) is 89.7 Å². The molecule has 6 heteroatoms. The van der Waals surface area contributed by atoms with Crippen LogP contribution in [0.15, 0.2) is 72.9 Å². The molecule has 2 saturated heterocycles. The zero-order valence-corrected chi connectivity index (χ0v) is 19.6. The number of carbonyl (C=O) groups is 2. The highest BCUT2D eigenvalue weighted by molar-refractivity contribution is 5.88. The molecule has 0 saturated carbocycles. The third-order valence-corrected chi connectivity index (χ3v) is 7.07. The van der Waals surface area contributed by atoms with E-state index in [2.05, 4.69) is 54.4 Å². The molecule has 2 fully saturated rings. The number of piperazine rings is 1. The zero-order valence-electron chi connectivity index (χ0n) is 19.6. The highest BCUT2D eigenvalue weighted by atomic mass is 16.5. The van der Waals surface area contributed by atoms with Crippen LogP contribution in [0.2, 0.25) is 0 Å². The standard InChI is InChI=1S/C28H29N3O3/c1-19-7-3-4-9-23(19)20-10-12-21(13-11-20)28-24-16-30(17-27(33)31(24)25(28)18-34-2)26(32)15-22-8-5-6-14-29-22/h3-14,24-25,28H,15-18H2,1-2H3/t24-,25-,28+/m0/s1. The fourth-order valence-corrected chi connectivity index (χ4v) is 5.39. The van der Waals surface area contributed by atoms with E-state index in [1.807, 2.05) is 29.2 Å². The summed E-state index contributed by atoms with van der Waals surface area (Å²) in [5.41, 5.74) is 5.52. The normalized spacial score (nSPS) is 21.7. The number of rotatable bonds is 6. The molecule has 3 heterocycles. The third kappa shape index (κ3) is 4.10. The fourth-order valence-electron chi connectivity index (χ4n) is 5.39. The molecule has 1 aromatic heterocycles. The van der Waals surface area contributed by atoms with E-state index in [1.165, 1.54) is 22.3 Å². The van der Waals surface area contributed by atoms with Gasteiger partial charge in [-0.2, -0.15) is 0 Å². The Morgan fingerprint density at radius 1 is 1.06 bits per heavy atom. The van der Waals surface area contributed by atoms with Crippen LogP contribution in [0.1, 0.15) is 22.7 Å². The minimum Gasteiger partial charge on any atom is -0.383 e. The Labute approximate surface area is 200 Å². The number of amides is 2. The Kier molecular flexibility index (Phi) is 6.16. The van der Waals surface area contributed by atoms with Crippen LogP contribution in [0.5, 0.6) is 0 Å². The summed E-state index contributed by atoms with van der Waals surface area (Å²) in [6.07, 6.45) is 1.89. The molecule has 3 atom stereocenters. The molecule has 2 aliphatic heterocycles. The van der Waals surface area contributed by atoms with Gasteiger partial charge in [0.1, 0.15) is 0 Å². The number of carbonyl (C=O) groups excluding carboxylic acids is 2. The van der Waals surface area contributed by atoms with E-state index in [9.17, 15) is 9.59 Å². The van der Waals surface area contributed by atoms with Crippen LogP contribution in [-0.2, 0) is 20.7 Å². The summed E-state index contributed by atoms with van der Waals surface area (Å²) in [6, 6.07) is 22.5. The van der Waals surface area contributed by atoms with Gasteiger partial charge in [-0.1, -0.05) is 54.6 Å². The van der Waals surface area contributed by atoms with E-state index in [-0.39, 0.29) is 42.8 Å². The summed E-state index contributed by atoms with van der Waals surface area (Å²) < 4.78 is 5.47. The number of fused-ring (bicyclic) bond motifs is 1. The molecular weight excluding hydrogens is 426 g/mol. The number of ether oxygens (including phenoxy) is 1. The second-order valence-electron chi connectivity index (χ2n) is 9.13. The number of benzene rings is 2. The van der Waals surface area contributed by atoms with Gasteiger partial charge in [0.05, 0.1) is 31.7 Å². The largest absolute Gasteiger partial charge is 0.383 e. The maximum atomic E-state index is 13.0. The van der Waals surface area contributed by atoms with Gasteiger partial charge in [-0.05, 0) is 41.3 Å². The first-order chi connectivity index (χ1) is 16.6. The minimum absolute atomic E-state index is 0.0135. The maximum absolute atomic E-state index is 13.0. The van der Waals surface area contributed by atoms with Crippen LogP contribution in [0.25, 0.3) is 11.1 Å². The van der Waals surface area contributed by atoms with Gasteiger partial charge < -0.3 is 14.5 Å². The monoisotopic (exact) mass is 455 g/mol. The van der Waals surface area contributed by atoms with Gasteiger partial charge in [0, 0.05) is 31.5 Å². The molecular formula is C28H29N3O3. The first-order valence-electron chi connectivity index (χ1n) is 11.7. The molecule has 0 spiro atoms. The van der Waals surface area contributed by atoms with Gasteiger partial charge in [0.15, 0.2) is 0 Å². The molecule has 0 N–H and O–H groups in total. The van der Waals surface area contributed by atoms with Crippen LogP contribution in [0.3, 0.4) is 0 Å². The summed E-state index contributed by atoms with van der Waals surface area (Å²) in [5, 5.41) is 0. The van der Waals surface area contributed by atoms with Crippen molar-refractivity contribution in [1.82, 2.24) is 14.8 Å². The lowest BCUT2D eigenvalue weighted by Gasteiger charge is -2.59. The molecule has 5 rings (SSSR count). The summed E-state index contributed by atoms with van der Waals surface area (Å²) >= 11 is 0. The summed E-state index contributed by atoms with van der Waals surface area (Å²) in [5.74, 6) is 0.0521. The summed E-state index contributed by atoms with van der Waals surface area (Å²) in [7, 11) is 1.67. The first-order valence-corrected chi connectivity index (χ1v) is 11.7. The van der Waals surface area contributed by atoms with Crippen LogP contribution >= 0.6 is 0 Å². The van der Waals surface area contributed by atoms with Crippen molar-refractivity contribution in [2.45, 2.75) is 31.3 Å². The van der Waals surface area contributed by atoms with Crippen LogP contribution in [0, 0.1) is 6.92 Å².